The van der Waals surface area contributed by atoms with Crippen LogP contribution in [0.3, 0.4) is 0 Å². The number of hydrogen-bond acceptors (Lipinski definition) is 4. The third-order valence-electron chi connectivity index (χ3n) is 5.03. The Labute approximate surface area is 185 Å². The lowest BCUT2D eigenvalue weighted by Crippen LogP contribution is -2.41. The van der Waals surface area contributed by atoms with Crippen LogP contribution >= 0.6 is 34.8 Å². The average Bonchev–Trinajstić information content (AvgIpc) is 3.17. The van der Waals surface area contributed by atoms with Crippen LogP contribution in [0, 0.1) is 11.3 Å². The Balaban J connectivity index is 1.94. The first-order chi connectivity index (χ1) is 13.8. The van der Waals surface area contributed by atoms with E-state index in [0.29, 0.717) is 40.3 Å². The van der Waals surface area contributed by atoms with E-state index in [0.717, 1.165) is 17.7 Å². The zero-order valence-electron chi connectivity index (χ0n) is 15.8. The molecule has 0 aliphatic carbocycles. The molecule has 2 aromatic carbocycles. The minimum atomic E-state index is -1.03. The Kier molecular flexibility index (Phi) is 6.92. The van der Waals surface area contributed by atoms with E-state index in [1.165, 1.54) is 6.92 Å². The summed E-state index contributed by atoms with van der Waals surface area (Å²) in [6.45, 7) is 2.96. The van der Waals surface area contributed by atoms with Crippen molar-refractivity contribution in [1.29, 1.82) is 5.26 Å². The van der Waals surface area contributed by atoms with Gasteiger partial charge in [0.2, 0.25) is 0 Å². The van der Waals surface area contributed by atoms with E-state index in [9.17, 15) is 9.90 Å². The van der Waals surface area contributed by atoms with E-state index in [1.807, 2.05) is 12.1 Å². The van der Waals surface area contributed by atoms with Crippen molar-refractivity contribution < 1.29 is 9.90 Å². The van der Waals surface area contributed by atoms with Crippen molar-refractivity contribution in [2.75, 3.05) is 18.0 Å². The van der Waals surface area contributed by atoms with Gasteiger partial charge >= 0.3 is 0 Å². The monoisotopic (exact) mass is 451 g/mol. The highest BCUT2D eigenvalue weighted by Gasteiger charge is 2.32. The van der Waals surface area contributed by atoms with Gasteiger partial charge in [0, 0.05) is 41.4 Å². The molecular formula is C21H20Cl3N3O2. The van der Waals surface area contributed by atoms with Crippen molar-refractivity contribution in [1.82, 2.24) is 4.90 Å². The Morgan fingerprint density at radius 1 is 1.28 bits per heavy atom. The topological polar surface area (TPSA) is 67.6 Å². The summed E-state index contributed by atoms with van der Waals surface area (Å²) in [4.78, 5) is 16.0. The molecule has 3 rings (SSSR count). The van der Waals surface area contributed by atoms with Gasteiger partial charge in [0.1, 0.15) is 12.2 Å². The highest BCUT2D eigenvalue weighted by atomic mass is 35.5. The fourth-order valence-corrected chi connectivity index (χ4v) is 4.10. The molecule has 0 radical (unpaired) electrons. The number of anilines is 1. The van der Waals surface area contributed by atoms with Crippen molar-refractivity contribution in [2.45, 2.75) is 32.0 Å². The van der Waals surface area contributed by atoms with Crippen molar-refractivity contribution in [3.63, 3.8) is 0 Å². The molecule has 1 unspecified atom stereocenters. The Hall–Kier alpha value is -1.97. The lowest BCUT2D eigenvalue weighted by atomic mass is 10.1. The molecule has 8 heteroatoms. The van der Waals surface area contributed by atoms with Gasteiger partial charge in [-0.25, -0.2) is 0 Å². The van der Waals surface area contributed by atoms with Crippen LogP contribution in [0.25, 0.3) is 0 Å². The first-order valence-electron chi connectivity index (χ1n) is 9.17. The second-order valence-electron chi connectivity index (χ2n) is 7.04. The van der Waals surface area contributed by atoms with E-state index in [-0.39, 0.29) is 11.9 Å². The molecule has 2 atom stereocenters. The normalized spacial score (nSPS) is 17.1. The minimum Gasteiger partial charge on any atom is -0.384 e. The van der Waals surface area contributed by atoms with Gasteiger partial charge in [-0.15, -0.1) is 0 Å². The van der Waals surface area contributed by atoms with Crippen molar-refractivity contribution in [2.24, 2.45) is 0 Å². The van der Waals surface area contributed by atoms with Crippen LogP contribution < -0.4 is 4.90 Å². The molecule has 1 fully saturated rings. The predicted octanol–water partition coefficient (Wildman–Crippen LogP) is 4.51. The number of halogens is 3. The number of amides is 1. The highest BCUT2D eigenvalue weighted by molar-refractivity contribution is 6.33. The number of aliphatic hydroxyl groups is 1. The van der Waals surface area contributed by atoms with Crippen molar-refractivity contribution >= 4 is 46.4 Å². The molecule has 0 saturated carbocycles. The number of benzene rings is 2. The Morgan fingerprint density at radius 2 is 2.03 bits per heavy atom. The predicted molar refractivity (Wildman–Crippen MR) is 115 cm³/mol. The van der Waals surface area contributed by atoms with E-state index in [1.54, 1.807) is 29.2 Å². The smallest absolute Gasteiger partial charge is 0.251 e. The first-order valence-corrected chi connectivity index (χ1v) is 10.3. The number of carbonyl (C=O) groups excluding carboxylic acids is 1. The Bertz CT molecular complexity index is 959. The molecule has 1 aliphatic rings. The van der Waals surface area contributed by atoms with Crippen molar-refractivity contribution in [3.05, 3.63) is 62.6 Å². The molecule has 29 heavy (non-hydrogen) atoms. The second kappa shape index (κ2) is 9.23. The van der Waals surface area contributed by atoms with E-state index >= 15 is 0 Å². The molecule has 0 aromatic heterocycles. The summed E-state index contributed by atoms with van der Waals surface area (Å²) in [5.41, 5.74) is 2.06. The standard InChI is InChI=1S/C21H20Cl3N3O2/c1-13(28)21(29)26-7-6-18(12-26)27(11-15-8-16(22)3-5-19(15)23)17-4-2-14(10-25)20(24)9-17/h2-5,8-9,13,18,28H,6-7,11-12H2,1H3/t13-,18?/m1/s1. The van der Waals surface area contributed by atoms with Gasteiger partial charge in [-0.2, -0.15) is 5.26 Å². The molecule has 1 N–H and O–H groups in total. The van der Waals surface area contributed by atoms with E-state index in [4.69, 9.17) is 40.1 Å². The molecule has 1 saturated heterocycles. The zero-order valence-corrected chi connectivity index (χ0v) is 18.0. The maximum absolute atomic E-state index is 12.2. The maximum Gasteiger partial charge on any atom is 0.251 e. The molecule has 152 valence electrons. The van der Waals surface area contributed by atoms with Crippen LogP contribution in [0.1, 0.15) is 24.5 Å². The van der Waals surface area contributed by atoms with Gasteiger partial charge in [-0.1, -0.05) is 34.8 Å². The number of aliphatic hydroxyl groups excluding tert-OH is 1. The fourth-order valence-electron chi connectivity index (χ4n) is 3.51. The third kappa shape index (κ3) is 4.96. The van der Waals surface area contributed by atoms with Crippen LogP contribution in [0.15, 0.2) is 36.4 Å². The maximum atomic E-state index is 12.2. The summed E-state index contributed by atoms with van der Waals surface area (Å²) in [6, 6.07) is 12.6. The third-order valence-corrected chi connectivity index (χ3v) is 5.94. The van der Waals surface area contributed by atoms with Crippen LogP contribution in [-0.2, 0) is 11.3 Å². The SMILES string of the molecule is C[C@@H](O)C(=O)N1CCC(N(Cc2cc(Cl)ccc2Cl)c2ccc(C#N)c(Cl)c2)C1. The molecule has 0 bridgehead atoms. The lowest BCUT2D eigenvalue weighted by molar-refractivity contribution is -0.138. The summed E-state index contributed by atoms with van der Waals surface area (Å²) >= 11 is 18.8. The number of nitriles is 1. The van der Waals surface area contributed by atoms with E-state index in [2.05, 4.69) is 11.0 Å². The summed E-state index contributed by atoms with van der Waals surface area (Å²) in [5, 5.41) is 20.3. The molecule has 1 heterocycles. The van der Waals surface area contributed by atoms with Crippen molar-refractivity contribution in [3.8, 4) is 6.07 Å². The number of nitrogens with zero attached hydrogens (tertiary/aromatic N) is 3. The minimum absolute atomic E-state index is 0.00301. The number of likely N-dealkylation sites (tertiary alicyclic amines) is 1. The summed E-state index contributed by atoms with van der Waals surface area (Å²) in [5.74, 6) is -0.286. The van der Waals surface area contributed by atoms with Crippen LogP contribution in [0.4, 0.5) is 5.69 Å². The number of rotatable bonds is 5. The van der Waals surface area contributed by atoms with Crippen LogP contribution in [-0.4, -0.2) is 41.1 Å². The fraction of sp³-hybridized carbons (Fsp3) is 0.333. The first kappa shape index (κ1) is 21.7. The summed E-state index contributed by atoms with van der Waals surface area (Å²) < 4.78 is 0. The largest absolute Gasteiger partial charge is 0.384 e. The van der Waals surface area contributed by atoms with Crippen LogP contribution in [0.5, 0.6) is 0 Å². The summed E-state index contributed by atoms with van der Waals surface area (Å²) in [7, 11) is 0. The van der Waals surface area contributed by atoms with E-state index < -0.39 is 6.10 Å². The summed E-state index contributed by atoms with van der Waals surface area (Å²) in [6.07, 6.45) is -0.303. The van der Waals surface area contributed by atoms with Crippen LogP contribution in [0.2, 0.25) is 15.1 Å². The van der Waals surface area contributed by atoms with Gasteiger partial charge in [0.15, 0.2) is 0 Å². The number of hydrogen-bond donors (Lipinski definition) is 1. The van der Waals surface area contributed by atoms with Gasteiger partial charge in [0.05, 0.1) is 10.6 Å². The molecule has 0 spiro atoms. The average molecular weight is 453 g/mol. The van der Waals surface area contributed by atoms with Gasteiger partial charge < -0.3 is 14.9 Å². The molecule has 1 aliphatic heterocycles. The lowest BCUT2D eigenvalue weighted by Gasteiger charge is -2.32. The van der Waals surface area contributed by atoms with Gasteiger partial charge in [-0.3, -0.25) is 4.79 Å². The molecule has 1 amide bonds. The number of carbonyl (C=O) groups is 1. The molecule has 5 nitrogen and oxygen atoms in total. The molecular weight excluding hydrogens is 433 g/mol. The Morgan fingerprint density at radius 3 is 2.69 bits per heavy atom. The van der Waals surface area contributed by atoms with Gasteiger partial charge in [0.25, 0.3) is 5.91 Å². The zero-order chi connectivity index (χ0) is 21.1. The highest BCUT2D eigenvalue weighted by Crippen LogP contribution is 2.31. The van der Waals surface area contributed by atoms with Gasteiger partial charge in [-0.05, 0) is 55.3 Å². The second-order valence-corrected chi connectivity index (χ2v) is 8.29. The molecule has 2 aromatic rings. The quantitative estimate of drug-likeness (QED) is 0.725.